The molecule has 1 aromatic carbocycles. The summed E-state index contributed by atoms with van der Waals surface area (Å²) in [5.74, 6) is -1.47. The standard InChI is InChI=1S/C12H8F3NO2/c1-7(17)10(6-16)11(18)8-3-2-4-9(5-8)12(13,14)15/h2-5,17H,1H3/b10-7-. The first-order valence-corrected chi connectivity index (χ1v) is 4.79. The second-order valence-electron chi connectivity index (χ2n) is 3.48. The molecule has 0 aliphatic heterocycles. The van der Waals surface area contributed by atoms with Gasteiger partial charge in [0.15, 0.2) is 0 Å². The van der Waals surface area contributed by atoms with Crippen molar-refractivity contribution in [1.29, 1.82) is 5.26 Å². The highest BCUT2D eigenvalue weighted by Gasteiger charge is 2.31. The smallest absolute Gasteiger partial charge is 0.416 e. The molecule has 0 bridgehead atoms. The quantitative estimate of drug-likeness (QED) is 0.382. The van der Waals surface area contributed by atoms with Crippen LogP contribution in [0.4, 0.5) is 13.2 Å². The molecule has 94 valence electrons. The fourth-order valence-electron chi connectivity index (χ4n) is 1.28. The second kappa shape index (κ2) is 4.92. The molecule has 0 amide bonds. The van der Waals surface area contributed by atoms with Crippen LogP contribution >= 0.6 is 0 Å². The predicted molar refractivity (Wildman–Crippen MR) is 56.7 cm³/mol. The molecule has 1 rings (SSSR count). The number of halogens is 3. The molecule has 0 heterocycles. The zero-order valence-corrected chi connectivity index (χ0v) is 9.25. The first kappa shape index (κ1) is 13.8. The van der Waals surface area contributed by atoms with Crippen LogP contribution in [0.3, 0.4) is 0 Å². The van der Waals surface area contributed by atoms with E-state index in [2.05, 4.69) is 0 Å². The van der Waals surface area contributed by atoms with Gasteiger partial charge in [-0.15, -0.1) is 0 Å². The monoisotopic (exact) mass is 255 g/mol. The van der Waals surface area contributed by atoms with Gasteiger partial charge in [-0.05, 0) is 19.1 Å². The van der Waals surface area contributed by atoms with E-state index in [1.54, 1.807) is 0 Å². The summed E-state index contributed by atoms with van der Waals surface area (Å²) in [6, 6.07) is 5.13. The molecular weight excluding hydrogens is 247 g/mol. The van der Waals surface area contributed by atoms with E-state index in [9.17, 15) is 18.0 Å². The Morgan fingerprint density at radius 3 is 2.44 bits per heavy atom. The first-order valence-electron chi connectivity index (χ1n) is 4.79. The summed E-state index contributed by atoms with van der Waals surface area (Å²) >= 11 is 0. The van der Waals surface area contributed by atoms with Crippen LogP contribution in [0.1, 0.15) is 22.8 Å². The van der Waals surface area contributed by atoms with Crippen LogP contribution in [0.5, 0.6) is 0 Å². The summed E-state index contributed by atoms with van der Waals surface area (Å²) in [4.78, 5) is 11.7. The van der Waals surface area contributed by atoms with Gasteiger partial charge >= 0.3 is 6.18 Å². The van der Waals surface area contributed by atoms with Gasteiger partial charge in [0.25, 0.3) is 0 Å². The lowest BCUT2D eigenvalue weighted by molar-refractivity contribution is -0.137. The van der Waals surface area contributed by atoms with Crippen LogP contribution in [0.2, 0.25) is 0 Å². The molecule has 0 radical (unpaired) electrons. The number of ketones is 1. The van der Waals surface area contributed by atoms with Gasteiger partial charge in [0.05, 0.1) is 5.56 Å². The Morgan fingerprint density at radius 1 is 1.39 bits per heavy atom. The minimum Gasteiger partial charge on any atom is -0.511 e. The zero-order valence-electron chi connectivity index (χ0n) is 9.25. The van der Waals surface area contributed by atoms with Crippen molar-refractivity contribution in [2.24, 2.45) is 0 Å². The van der Waals surface area contributed by atoms with Crippen LogP contribution in [0.25, 0.3) is 0 Å². The van der Waals surface area contributed by atoms with Crippen LogP contribution in [0.15, 0.2) is 35.6 Å². The second-order valence-corrected chi connectivity index (χ2v) is 3.48. The third-order valence-electron chi connectivity index (χ3n) is 2.15. The summed E-state index contributed by atoms with van der Waals surface area (Å²) in [6.45, 7) is 1.12. The maximum absolute atomic E-state index is 12.4. The lowest BCUT2D eigenvalue weighted by atomic mass is 10.0. The third kappa shape index (κ3) is 2.88. The molecule has 0 unspecified atom stereocenters. The van der Waals surface area contributed by atoms with Crippen LogP contribution in [-0.2, 0) is 6.18 Å². The molecule has 0 aliphatic rings. The van der Waals surface area contributed by atoms with E-state index < -0.39 is 28.9 Å². The van der Waals surface area contributed by atoms with Crippen molar-refractivity contribution in [2.45, 2.75) is 13.1 Å². The number of carbonyl (C=O) groups excluding carboxylic acids is 1. The average molecular weight is 255 g/mol. The Bertz CT molecular complexity index is 549. The Labute approximate surface area is 101 Å². The van der Waals surface area contributed by atoms with Crippen molar-refractivity contribution in [3.05, 3.63) is 46.7 Å². The minimum absolute atomic E-state index is 0.297. The molecule has 18 heavy (non-hydrogen) atoms. The van der Waals surface area contributed by atoms with Gasteiger partial charge in [-0.25, -0.2) is 0 Å². The summed E-state index contributed by atoms with van der Waals surface area (Å²) in [5.41, 5.74) is -1.86. The number of Topliss-reactive ketones (excluding diaryl/α,β-unsaturated/α-hetero) is 1. The molecule has 6 heteroatoms. The van der Waals surface area contributed by atoms with Crippen molar-refractivity contribution >= 4 is 5.78 Å². The molecule has 0 saturated carbocycles. The first-order chi connectivity index (χ1) is 8.27. The van der Waals surface area contributed by atoms with Gasteiger partial charge in [-0.1, -0.05) is 12.1 Å². The Kier molecular flexibility index (Phi) is 3.76. The van der Waals surface area contributed by atoms with E-state index in [0.717, 1.165) is 25.1 Å². The van der Waals surface area contributed by atoms with Crippen molar-refractivity contribution < 1.29 is 23.1 Å². The lowest BCUT2D eigenvalue weighted by Gasteiger charge is -2.07. The lowest BCUT2D eigenvalue weighted by Crippen LogP contribution is -2.09. The van der Waals surface area contributed by atoms with Gasteiger partial charge in [0.2, 0.25) is 5.78 Å². The fraction of sp³-hybridized carbons (Fsp3) is 0.167. The summed E-state index contributed by atoms with van der Waals surface area (Å²) in [7, 11) is 0. The number of nitrogens with zero attached hydrogens (tertiary/aromatic N) is 1. The van der Waals surface area contributed by atoms with Gasteiger partial charge in [0, 0.05) is 5.56 Å². The zero-order chi connectivity index (χ0) is 13.9. The third-order valence-corrected chi connectivity index (χ3v) is 2.15. The van der Waals surface area contributed by atoms with E-state index in [1.807, 2.05) is 0 Å². The normalized spacial score (nSPS) is 12.6. The Balaban J connectivity index is 3.25. The number of nitriles is 1. The van der Waals surface area contributed by atoms with Gasteiger partial charge in [-0.2, -0.15) is 18.4 Å². The molecule has 1 N–H and O–H groups in total. The molecule has 0 atom stereocenters. The number of hydrogen-bond acceptors (Lipinski definition) is 3. The van der Waals surface area contributed by atoms with E-state index >= 15 is 0 Å². The van der Waals surface area contributed by atoms with Crippen molar-refractivity contribution in [1.82, 2.24) is 0 Å². The summed E-state index contributed by atoms with van der Waals surface area (Å²) in [5, 5.41) is 17.7. The topological polar surface area (TPSA) is 61.1 Å². The molecule has 0 aromatic heterocycles. The molecule has 0 spiro atoms. The maximum Gasteiger partial charge on any atom is 0.416 e. The number of hydrogen-bond donors (Lipinski definition) is 1. The number of alkyl halides is 3. The van der Waals surface area contributed by atoms with Crippen LogP contribution in [0, 0.1) is 11.3 Å². The average Bonchev–Trinajstić information content (AvgIpc) is 2.28. The number of allylic oxidation sites excluding steroid dienone is 2. The number of carbonyl (C=O) groups is 1. The summed E-state index contributed by atoms with van der Waals surface area (Å²) in [6.07, 6.45) is -4.57. The van der Waals surface area contributed by atoms with E-state index in [4.69, 9.17) is 10.4 Å². The largest absolute Gasteiger partial charge is 0.511 e. The SMILES string of the molecule is C/C(O)=C(\C#N)C(=O)c1cccc(C(F)(F)F)c1. The molecule has 0 aliphatic carbocycles. The van der Waals surface area contributed by atoms with Crippen LogP contribution < -0.4 is 0 Å². The van der Waals surface area contributed by atoms with Crippen molar-refractivity contribution in [2.75, 3.05) is 0 Å². The number of benzene rings is 1. The van der Waals surface area contributed by atoms with Gasteiger partial charge < -0.3 is 5.11 Å². The molecular formula is C12H8F3NO2. The highest BCUT2D eigenvalue weighted by atomic mass is 19.4. The van der Waals surface area contributed by atoms with E-state index in [0.29, 0.717) is 6.07 Å². The highest BCUT2D eigenvalue weighted by Crippen LogP contribution is 2.30. The fourth-order valence-corrected chi connectivity index (χ4v) is 1.28. The van der Waals surface area contributed by atoms with Gasteiger partial charge in [0.1, 0.15) is 17.4 Å². The molecule has 1 aromatic rings. The maximum atomic E-state index is 12.4. The minimum atomic E-state index is -4.57. The molecule has 3 nitrogen and oxygen atoms in total. The van der Waals surface area contributed by atoms with Crippen LogP contribution in [-0.4, -0.2) is 10.9 Å². The highest BCUT2D eigenvalue weighted by molar-refractivity contribution is 6.11. The van der Waals surface area contributed by atoms with E-state index in [1.165, 1.54) is 6.07 Å². The Hall–Kier alpha value is -2.29. The Morgan fingerprint density at radius 2 is 2.00 bits per heavy atom. The molecule has 0 saturated heterocycles. The molecule has 0 fully saturated rings. The summed E-state index contributed by atoms with van der Waals surface area (Å²) < 4.78 is 37.3. The van der Waals surface area contributed by atoms with E-state index in [-0.39, 0.29) is 5.56 Å². The number of aliphatic hydroxyl groups excluding tert-OH is 1. The van der Waals surface area contributed by atoms with Gasteiger partial charge in [-0.3, -0.25) is 4.79 Å². The van der Waals surface area contributed by atoms with Crippen molar-refractivity contribution in [3.63, 3.8) is 0 Å². The number of aliphatic hydroxyl groups is 1. The number of rotatable bonds is 2. The van der Waals surface area contributed by atoms with Crippen molar-refractivity contribution in [3.8, 4) is 6.07 Å². The predicted octanol–water partition coefficient (Wildman–Crippen LogP) is 3.24.